The molecule has 0 unspecified atom stereocenters. The maximum Gasteiger partial charge on any atom is 0.474 e. The smallest absolute Gasteiger partial charge is 0.377 e. The van der Waals surface area contributed by atoms with Crippen LogP contribution in [0.4, 0.5) is 0 Å². The number of ether oxygens (including phenoxy) is 2. The Morgan fingerprint density at radius 3 is 0.785 bits per heavy atom. The summed E-state index contributed by atoms with van der Waals surface area (Å²) in [5.41, 5.74) is -0.478. The van der Waals surface area contributed by atoms with Crippen molar-refractivity contribution in [3.8, 4) is 0 Å². The molecule has 388 valence electrons. The molecule has 7 heteroatoms. The molecule has 0 saturated heterocycles. The summed E-state index contributed by atoms with van der Waals surface area (Å²) in [5.74, 6) is 0. The number of phosphoric ester groups is 1. The summed E-state index contributed by atoms with van der Waals surface area (Å²) in [7, 11) is -3.75. The van der Waals surface area contributed by atoms with Crippen LogP contribution >= 0.6 is 7.82 Å². The number of phosphoric acid groups is 1. The standard InChI is InChI=1S/C58H115O6P/c1-6-11-13-15-17-19-21-23-25-27-29-31-33-35-37-39-41-43-45-47-49-53-62-65(59,64-57-58(10-5,55-60-51-8-3)56-61-52-9-4)63-54-50-48-46-44-42-40-38-36-34-32-30-28-26-24-22-20-18-16-14-12-7-2/h8-9H,3-4,6-7,10-57H2,1-2,5H3. The fourth-order valence-corrected chi connectivity index (χ4v) is 10.3. The molecule has 0 aliphatic heterocycles. The Hall–Kier alpha value is -0.490. The minimum Gasteiger partial charge on any atom is -0.377 e. The quantitative estimate of drug-likeness (QED) is 0.0344. The van der Waals surface area contributed by atoms with E-state index in [9.17, 15) is 4.57 Å². The van der Waals surface area contributed by atoms with Crippen molar-refractivity contribution in [2.75, 3.05) is 46.2 Å². The molecular formula is C58H115O6P. The predicted molar refractivity (Wildman–Crippen MR) is 285 cm³/mol. The van der Waals surface area contributed by atoms with Gasteiger partial charge in [0.15, 0.2) is 0 Å². The van der Waals surface area contributed by atoms with Gasteiger partial charge in [0, 0.05) is 5.41 Å². The Balaban J connectivity index is 4.31. The zero-order valence-corrected chi connectivity index (χ0v) is 45.2. The van der Waals surface area contributed by atoms with E-state index in [0.29, 0.717) is 39.6 Å². The lowest BCUT2D eigenvalue weighted by atomic mass is 9.88. The van der Waals surface area contributed by atoms with Gasteiger partial charge in [-0.05, 0) is 19.3 Å². The molecule has 0 aliphatic rings. The molecule has 0 rings (SSSR count). The molecule has 0 bridgehead atoms. The first-order chi connectivity index (χ1) is 32.0. The molecule has 0 aliphatic carbocycles. The van der Waals surface area contributed by atoms with E-state index in [-0.39, 0.29) is 6.61 Å². The van der Waals surface area contributed by atoms with E-state index >= 15 is 0 Å². The van der Waals surface area contributed by atoms with E-state index < -0.39 is 13.2 Å². The summed E-state index contributed by atoms with van der Waals surface area (Å²) < 4.78 is 44.0. The Kier molecular flexibility index (Phi) is 52.5. The molecule has 0 aromatic heterocycles. The highest BCUT2D eigenvalue weighted by Gasteiger charge is 2.36. The highest BCUT2D eigenvalue weighted by Crippen LogP contribution is 2.51. The summed E-state index contributed by atoms with van der Waals surface area (Å²) in [4.78, 5) is 0. The maximum absolute atomic E-state index is 14.1. The van der Waals surface area contributed by atoms with Gasteiger partial charge >= 0.3 is 7.82 Å². The number of hydrogen-bond donors (Lipinski definition) is 0. The number of rotatable bonds is 58. The van der Waals surface area contributed by atoms with Crippen LogP contribution in [0.1, 0.15) is 297 Å². The highest BCUT2D eigenvalue weighted by atomic mass is 31.2. The summed E-state index contributed by atoms with van der Waals surface area (Å²) in [6.07, 6.45) is 60.9. The lowest BCUT2D eigenvalue weighted by molar-refractivity contribution is -0.0452. The van der Waals surface area contributed by atoms with Gasteiger partial charge in [0.25, 0.3) is 0 Å². The van der Waals surface area contributed by atoms with E-state index in [4.69, 9.17) is 23.0 Å². The van der Waals surface area contributed by atoms with Gasteiger partial charge in [0.05, 0.1) is 46.2 Å². The normalized spacial score (nSPS) is 12.1. The summed E-state index contributed by atoms with van der Waals surface area (Å²) >= 11 is 0. The average Bonchev–Trinajstić information content (AvgIpc) is 3.31. The summed E-state index contributed by atoms with van der Waals surface area (Å²) in [5, 5.41) is 0. The monoisotopic (exact) mass is 939 g/mol. The summed E-state index contributed by atoms with van der Waals surface area (Å²) in [6.45, 7) is 16.9. The van der Waals surface area contributed by atoms with Crippen LogP contribution in [0.25, 0.3) is 0 Å². The molecule has 65 heavy (non-hydrogen) atoms. The zero-order chi connectivity index (χ0) is 47.3. The van der Waals surface area contributed by atoms with Gasteiger partial charge < -0.3 is 9.47 Å². The second-order valence-corrected chi connectivity index (χ2v) is 21.7. The number of unbranched alkanes of at least 4 members (excludes halogenated alkanes) is 40. The zero-order valence-electron chi connectivity index (χ0n) is 44.3. The maximum atomic E-state index is 14.1. The molecule has 0 aromatic carbocycles. The van der Waals surface area contributed by atoms with Gasteiger partial charge in [-0.3, -0.25) is 13.6 Å². The third kappa shape index (κ3) is 47.0. The predicted octanol–water partition coefficient (Wildman–Crippen LogP) is 20.4. The Bertz CT molecular complexity index is 923. The van der Waals surface area contributed by atoms with Crippen LogP contribution in [-0.4, -0.2) is 46.2 Å². The molecule has 0 atom stereocenters. The fourth-order valence-electron chi connectivity index (χ4n) is 8.90. The molecule has 0 N–H and O–H groups in total. The van der Waals surface area contributed by atoms with E-state index in [1.807, 2.05) is 0 Å². The van der Waals surface area contributed by atoms with Crippen LogP contribution in [0.5, 0.6) is 0 Å². The first-order valence-corrected chi connectivity index (χ1v) is 30.4. The van der Waals surface area contributed by atoms with Crippen molar-refractivity contribution < 1.29 is 27.6 Å². The minimum atomic E-state index is -3.75. The van der Waals surface area contributed by atoms with Gasteiger partial charge in [-0.25, -0.2) is 4.57 Å². The van der Waals surface area contributed by atoms with E-state index in [1.165, 1.54) is 244 Å². The Morgan fingerprint density at radius 2 is 0.569 bits per heavy atom. The molecule has 0 heterocycles. The third-order valence-electron chi connectivity index (χ3n) is 13.6. The van der Waals surface area contributed by atoms with Crippen LogP contribution in [0.3, 0.4) is 0 Å². The van der Waals surface area contributed by atoms with Gasteiger partial charge in [0.1, 0.15) is 0 Å². The molecule has 0 saturated carbocycles. The topological polar surface area (TPSA) is 63.2 Å². The third-order valence-corrected chi connectivity index (χ3v) is 15.0. The molecule has 0 fully saturated rings. The summed E-state index contributed by atoms with van der Waals surface area (Å²) in [6, 6.07) is 0. The van der Waals surface area contributed by atoms with Crippen molar-refractivity contribution in [1.29, 1.82) is 0 Å². The van der Waals surface area contributed by atoms with Gasteiger partial charge in [0.2, 0.25) is 0 Å². The SMILES string of the molecule is C=CCOCC(CC)(COCC=C)COP(=O)(OCCCCCCCCCCCCCCCCCCCCCCC)OCCCCCCCCCCCCCCCCCCCCCCC. The largest absolute Gasteiger partial charge is 0.474 e. The van der Waals surface area contributed by atoms with Crippen molar-refractivity contribution in [2.24, 2.45) is 5.41 Å². The first-order valence-electron chi connectivity index (χ1n) is 28.9. The fraction of sp³-hybridized carbons (Fsp3) is 0.931. The second-order valence-electron chi connectivity index (χ2n) is 20.0. The van der Waals surface area contributed by atoms with Crippen molar-refractivity contribution in [3.63, 3.8) is 0 Å². The van der Waals surface area contributed by atoms with Crippen molar-refractivity contribution in [3.05, 3.63) is 25.3 Å². The van der Waals surface area contributed by atoms with Crippen LogP contribution in [0, 0.1) is 5.41 Å². The van der Waals surface area contributed by atoms with Crippen molar-refractivity contribution >= 4 is 7.82 Å². The van der Waals surface area contributed by atoms with Crippen LogP contribution in [0.15, 0.2) is 25.3 Å². The van der Waals surface area contributed by atoms with Crippen LogP contribution in [0.2, 0.25) is 0 Å². The lowest BCUT2D eigenvalue weighted by Crippen LogP contribution is -2.36. The highest BCUT2D eigenvalue weighted by molar-refractivity contribution is 7.48. The van der Waals surface area contributed by atoms with Gasteiger partial charge in [-0.2, -0.15) is 0 Å². The second kappa shape index (κ2) is 52.9. The van der Waals surface area contributed by atoms with Crippen LogP contribution in [-0.2, 0) is 27.6 Å². The molecular weight excluding hydrogens is 824 g/mol. The van der Waals surface area contributed by atoms with Crippen LogP contribution < -0.4 is 0 Å². The molecule has 0 radical (unpaired) electrons. The van der Waals surface area contributed by atoms with Crippen molar-refractivity contribution in [2.45, 2.75) is 297 Å². The lowest BCUT2D eigenvalue weighted by Gasteiger charge is -2.33. The molecule has 0 spiro atoms. The Labute approximate surface area is 407 Å². The molecule has 0 aromatic rings. The van der Waals surface area contributed by atoms with Gasteiger partial charge in [-0.15, -0.1) is 13.2 Å². The van der Waals surface area contributed by atoms with Gasteiger partial charge in [-0.1, -0.05) is 290 Å². The Morgan fingerprint density at radius 1 is 0.338 bits per heavy atom. The van der Waals surface area contributed by atoms with E-state index in [2.05, 4.69) is 33.9 Å². The average molecular weight is 940 g/mol. The van der Waals surface area contributed by atoms with E-state index in [1.54, 1.807) is 12.2 Å². The van der Waals surface area contributed by atoms with Crippen molar-refractivity contribution in [1.82, 2.24) is 0 Å². The minimum absolute atomic E-state index is 0.174. The number of hydrogen-bond acceptors (Lipinski definition) is 6. The first kappa shape index (κ1) is 64.5. The van der Waals surface area contributed by atoms with E-state index in [0.717, 1.165) is 32.1 Å². The molecule has 6 nitrogen and oxygen atoms in total. The molecule has 0 amide bonds.